The average Bonchev–Trinajstić information content (AvgIpc) is 2.84. The minimum Gasteiger partial charge on any atom is -0.490 e. The summed E-state index contributed by atoms with van der Waals surface area (Å²) in [6.45, 7) is 6.81. The van der Waals surface area contributed by atoms with E-state index in [1.54, 1.807) is 0 Å². The molecule has 0 aromatic heterocycles. The Morgan fingerprint density at radius 3 is 1.38 bits per heavy atom. The second-order valence-corrected chi connectivity index (χ2v) is 7.59. The van der Waals surface area contributed by atoms with Crippen molar-refractivity contribution in [3.05, 3.63) is 48.5 Å². The molecule has 2 aromatic carbocycles. The summed E-state index contributed by atoms with van der Waals surface area (Å²) in [6.07, 6.45) is 6.29. The Hall–Kier alpha value is -2.44. The third-order valence-corrected chi connectivity index (χ3v) is 5.09. The lowest BCUT2D eigenvalue weighted by Crippen LogP contribution is -2.25. The summed E-state index contributed by atoms with van der Waals surface area (Å²) >= 11 is 0. The van der Waals surface area contributed by atoms with E-state index in [1.807, 2.05) is 62.4 Å². The lowest BCUT2D eigenvalue weighted by Gasteiger charge is -2.24. The number of ether oxygens (including phenoxy) is 6. The van der Waals surface area contributed by atoms with Gasteiger partial charge in [0.1, 0.15) is 0 Å². The molecule has 2 fully saturated rings. The summed E-state index contributed by atoms with van der Waals surface area (Å²) in [5, 5.41) is 0. The molecule has 2 heterocycles. The third-order valence-electron chi connectivity index (χ3n) is 5.09. The summed E-state index contributed by atoms with van der Waals surface area (Å²) in [6, 6.07) is 15.5. The van der Waals surface area contributed by atoms with Crippen LogP contribution in [0.15, 0.2) is 48.5 Å². The molecule has 6 nitrogen and oxygen atoms in total. The van der Waals surface area contributed by atoms with Crippen LogP contribution in [0.4, 0.5) is 0 Å². The third kappa shape index (κ3) is 7.92. The summed E-state index contributed by atoms with van der Waals surface area (Å²) in [4.78, 5) is 0. The van der Waals surface area contributed by atoms with Gasteiger partial charge in [-0.2, -0.15) is 0 Å². The molecule has 4 rings (SSSR count). The molecule has 0 bridgehead atoms. The number of hydrogen-bond donors (Lipinski definition) is 0. The molecule has 0 spiro atoms. The molecule has 2 saturated heterocycles. The highest BCUT2D eigenvalue weighted by Crippen LogP contribution is 2.30. The molecule has 32 heavy (non-hydrogen) atoms. The average molecular weight is 445 g/mol. The highest BCUT2D eigenvalue weighted by Gasteiger charge is 2.18. The first kappa shape index (κ1) is 24.2. The Morgan fingerprint density at radius 1 is 0.625 bits per heavy atom. The van der Waals surface area contributed by atoms with Gasteiger partial charge in [0.15, 0.2) is 35.6 Å². The molecule has 2 aliphatic rings. The van der Waals surface area contributed by atoms with Crippen molar-refractivity contribution in [2.75, 3.05) is 26.4 Å². The fraction of sp³-hybridized carbons (Fsp3) is 0.538. The van der Waals surface area contributed by atoms with E-state index >= 15 is 0 Å². The zero-order valence-electron chi connectivity index (χ0n) is 19.3. The fourth-order valence-electron chi connectivity index (χ4n) is 3.54. The summed E-state index contributed by atoms with van der Waals surface area (Å²) in [7, 11) is 0. The van der Waals surface area contributed by atoms with E-state index in [-0.39, 0.29) is 12.6 Å². The summed E-state index contributed by atoms with van der Waals surface area (Å²) in [5.41, 5.74) is 0. The normalized spacial score (nSPS) is 20.4. The van der Waals surface area contributed by atoms with E-state index in [4.69, 9.17) is 28.4 Å². The summed E-state index contributed by atoms with van der Waals surface area (Å²) < 4.78 is 33.7. The van der Waals surface area contributed by atoms with Gasteiger partial charge in [0, 0.05) is 12.8 Å². The van der Waals surface area contributed by atoms with Crippen LogP contribution in [0.25, 0.3) is 0 Å². The number of benzene rings is 2. The molecule has 6 heteroatoms. The minimum atomic E-state index is -0.115. The van der Waals surface area contributed by atoms with Crippen molar-refractivity contribution in [2.45, 2.75) is 65.0 Å². The van der Waals surface area contributed by atoms with Crippen LogP contribution in [0.1, 0.15) is 52.4 Å². The molecule has 0 amide bonds. The first-order valence-corrected chi connectivity index (χ1v) is 11.8. The van der Waals surface area contributed by atoms with Crippen molar-refractivity contribution in [1.82, 2.24) is 0 Å². The van der Waals surface area contributed by atoms with Gasteiger partial charge in [-0.3, -0.25) is 0 Å². The van der Waals surface area contributed by atoms with Crippen molar-refractivity contribution in [3.8, 4) is 23.0 Å². The van der Waals surface area contributed by atoms with Gasteiger partial charge in [-0.15, -0.1) is 0 Å². The van der Waals surface area contributed by atoms with E-state index in [0.717, 1.165) is 61.9 Å². The molecule has 0 N–H and O–H groups in total. The maximum atomic E-state index is 5.79. The standard InChI is InChI=1S/2C13H18O3/c2*1-2-14-11-7-3-4-8-12(11)16-13-9-5-6-10-15-13/h2*3-4,7-8,13H,2,5-6,9-10H2,1H3. The van der Waals surface area contributed by atoms with E-state index in [2.05, 4.69) is 0 Å². The molecule has 176 valence electrons. The van der Waals surface area contributed by atoms with E-state index in [1.165, 1.54) is 12.8 Å². The molecular formula is C26H36O6. The molecule has 2 unspecified atom stereocenters. The lowest BCUT2D eigenvalue weighted by molar-refractivity contribution is -0.107. The Balaban J connectivity index is 0.000000181. The highest BCUT2D eigenvalue weighted by atomic mass is 16.7. The molecule has 0 radical (unpaired) electrons. The van der Waals surface area contributed by atoms with Gasteiger partial charge >= 0.3 is 0 Å². The van der Waals surface area contributed by atoms with Gasteiger partial charge in [-0.05, 0) is 63.8 Å². The monoisotopic (exact) mass is 444 g/mol. The Bertz CT molecular complexity index is 703. The predicted octanol–water partition coefficient (Wildman–Crippen LogP) is 5.98. The highest BCUT2D eigenvalue weighted by molar-refractivity contribution is 5.40. The van der Waals surface area contributed by atoms with E-state index < -0.39 is 0 Å². The molecule has 2 aliphatic heterocycles. The second kappa shape index (κ2) is 13.9. The van der Waals surface area contributed by atoms with Crippen molar-refractivity contribution in [2.24, 2.45) is 0 Å². The van der Waals surface area contributed by atoms with Crippen LogP contribution < -0.4 is 18.9 Å². The van der Waals surface area contributed by atoms with Crippen LogP contribution in [0.5, 0.6) is 23.0 Å². The predicted molar refractivity (Wildman–Crippen MR) is 124 cm³/mol. The maximum absolute atomic E-state index is 5.79. The first-order valence-electron chi connectivity index (χ1n) is 11.8. The topological polar surface area (TPSA) is 55.4 Å². The van der Waals surface area contributed by atoms with Crippen LogP contribution >= 0.6 is 0 Å². The Kier molecular flexibility index (Phi) is 10.5. The van der Waals surface area contributed by atoms with Crippen molar-refractivity contribution >= 4 is 0 Å². The van der Waals surface area contributed by atoms with Crippen LogP contribution in [0.2, 0.25) is 0 Å². The van der Waals surface area contributed by atoms with Crippen molar-refractivity contribution in [3.63, 3.8) is 0 Å². The lowest BCUT2D eigenvalue weighted by atomic mass is 10.2. The molecule has 2 aromatic rings. The molecule has 2 atom stereocenters. The fourth-order valence-corrected chi connectivity index (χ4v) is 3.54. The van der Waals surface area contributed by atoms with E-state index in [0.29, 0.717) is 13.2 Å². The molecule has 0 aliphatic carbocycles. The zero-order chi connectivity index (χ0) is 22.4. The van der Waals surface area contributed by atoms with Crippen molar-refractivity contribution < 1.29 is 28.4 Å². The zero-order valence-corrected chi connectivity index (χ0v) is 19.3. The number of hydrogen-bond acceptors (Lipinski definition) is 6. The first-order chi connectivity index (χ1) is 15.8. The second-order valence-electron chi connectivity index (χ2n) is 7.59. The summed E-state index contributed by atoms with van der Waals surface area (Å²) in [5.74, 6) is 3.13. The number of rotatable bonds is 8. The van der Waals surface area contributed by atoms with Crippen molar-refractivity contribution in [1.29, 1.82) is 0 Å². The molecule has 0 saturated carbocycles. The Labute approximate surface area is 191 Å². The van der Waals surface area contributed by atoms with Crippen LogP contribution in [-0.4, -0.2) is 39.0 Å². The van der Waals surface area contributed by atoms with Gasteiger partial charge < -0.3 is 28.4 Å². The SMILES string of the molecule is CCOc1ccccc1OC1CCCCO1.CCOc1ccccc1OC1CCCCO1. The largest absolute Gasteiger partial charge is 0.490 e. The molecular weight excluding hydrogens is 408 g/mol. The van der Waals surface area contributed by atoms with Gasteiger partial charge in [0.2, 0.25) is 0 Å². The maximum Gasteiger partial charge on any atom is 0.200 e. The quantitative estimate of drug-likeness (QED) is 0.499. The Morgan fingerprint density at radius 2 is 1.03 bits per heavy atom. The van der Waals surface area contributed by atoms with E-state index in [9.17, 15) is 0 Å². The smallest absolute Gasteiger partial charge is 0.200 e. The van der Waals surface area contributed by atoms with Crippen LogP contribution in [-0.2, 0) is 9.47 Å². The minimum absolute atomic E-state index is 0.115. The van der Waals surface area contributed by atoms with Gasteiger partial charge in [-0.25, -0.2) is 0 Å². The van der Waals surface area contributed by atoms with Crippen LogP contribution in [0, 0.1) is 0 Å². The van der Waals surface area contributed by atoms with Gasteiger partial charge in [0.25, 0.3) is 0 Å². The van der Waals surface area contributed by atoms with Gasteiger partial charge in [0.05, 0.1) is 26.4 Å². The van der Waals surface area contributed by atoms with Gasteiger partial charge in [-0.1, -0.05) is 24.3 Å². The van der Waals surface area contributed by atoms with Crippen LogP contribution in [0.3, 0.4) is 0 Å². The number of para-hydroxylation sites is 4.